The van der Waals surface area contributed by atoms with E-state index >= 15 is 0 Å². The Bertz CT molecular complexity index is 779. The molecule has 0 fully saturated rings. The Morgan fingerprint density at radius 3 is 1.67 bits per heavy atom. The van der Waals surface area contributed by atoms with Gasteiger partial charge in [0.15, 0.2) is 12.4 Å². The summed E-state index contributed by atoms with van der Waals surface area (Å²) in [5.74, 6) is 0. The van der Waals surface area contributed by atoms with Crippen molar-refractivity contribution in [2.24, 2.45) is 0 Å². The second-order valence-electron chi connectivity index (χ2n) is 12.7. The molecule has 3 heterocycles. The fourth-order valence-corrected chi connectivity index (χ4v) is 6.46. The first-order chi connectivity index (χ1) is 19.4. The number of nitrogens with zero attached hydrogens (tertiary/aromatic N) is 2. The van der Waals surface area contributed by atoms with Crippen molar-refractivity contribution < 1.29 is 4.57 Å². The number of aryl methyl sites for hydroxylation is 2. The first-order valence-corrected chi connectivity index (χ1v) is 17.5. The maximum atomic E-state index is 2.57. The van der Waals surface area contributed by atoms with Gasteiger partial charge in [0.1, 0.15) is 6.54 Å². The van der Waals surface area contributed by atoms with Gasteiger partial charge in [0.25, 0.3) is 0 Å². The molecule has 0 N–H and O–H groups in total. The summed E-state index contributed by atoms with van der Waals surface area (Å²) < 4.78 is 2.44. The van der Waals surface area contributed by atoms with Gasteiger partial charge in [-0.3, -0.25) is 0 Å². The van der Waals surface area contributed by atoms with E-state index in [0.29, 0.717) is 0 Å². The monoisotopic (exact) mass is 535 g/mol. The smallest absolute Gasteiger partial charge is 0.171 e. The predicted molar refractivity (Wildman–Crippen MR) is 170 cm³/mol. The van der Waals surface area contributed by atoms with Gasteiger partial charge in [0, 0.05) is 37.3 Å². The summed E-state index contributed by atoms with van der Waals surface area (Å²) in [5.41, 5.74) is 3.10. The van der Waals surface area contributed by atoms with E-state index in [1.54, 1.807) is 5.57 Å². The van der Waals surface area contributed by atoms with Gasteiger partial charge < -0.3 is 4.90 Å². The Hall–Kier alpha value is -1.57. The molecule has 220 valence electrons. The summed E-state index contributed by atoms with van der Waals surface area (Å²) in [7, 11) is 0. The maximum Gasteiger partial charge on any atom is 0.171 e. The third-order valence-corrected chi connectivity index (χ3v) is 8.98. The zero-order valence-electron chi connectivity index (χ0n) is 25.7. The van der Waals surface area contributed by atoms with E-state index in [9.17, 15) is 0 Å². The average Bonchev–Trinajstić information content (AvgIpc) is 2.95. The van der Waals surface area contributed by atoms with Crippen molar-refractivity contribution in [3.05, 3.63) is 54.0 Å². The molecular formula is C37H63N2+. The highest BCUT2D eigenvalue weighted by atomic mass is 15.1. The Morgan fingerprint density at radius 1 is 0.538 bits per heavy atom. The third kappa shape index (κ3) is 16.3. The Morgan fingerprint density at radius 2 is 1.05 bits per heavy atom. The maximum absolute atomic E-state index is 2.57. The molecule has 0 amide bonds. The van der Waals surface area contributed by atoms with Crippen LogP contribution in [0.3, 0.4) is 0 Å². The molecule has 1 aromatic rings. The molecule has 0 unspecified atom stereocenters. The minimum Gasteiger partial charge on any atom is -0.373 e. The van der Waals surface area contributed by atoms with Crippen LogP contribution in [0.15, 0.2) is 48.5 Å². The van der Waals surface area contributed by atoms with Crippen LogP contribution in [0.5, 0.6) is 0 Å². The highest BCUT2D eigenvalue weighted by Crippen LogP contribution is 2.18. The minimum absolute atomic E-state index is 1.12. The van der Waals surface area contributed by atoms with E-state index < -0.39 is 0 Å². The van der Waals surface area contributed by atoms with Crippen molar-refractivity contribution in [2.45, 2.75) is 167 Å². The van der Waals surface area contributed by atoms with Crippen molar-refractivity contribution >= 4 is 0 Å². The molecule has 1 aromatic heterocycles. The molecule has 0 aromatic carbocycles. The number of allylic oxidation sites excluding steroid dienone is 2. The van der Waals surface area contributed by atoms with Crippen LogP contribution in [-0.2, 0) is 13.0 Å². The zero-order chi connectivity index (χ0) is 27.1. The van der Waals surface area contributed by atoms with E-state index in [0.717, 1.165) is 6.54 Å². The summed E-state index contributed by atoms with van der Waals surface area (Å²) in [6.07, 6.45) is 47.1. The SMILES string of the molecule is C1=CC2=CN(C1)CCCCCCCCCCCCCCc1ccc[n+](c1)CCCCCCCCCCCCC2. The summed E-state index contributed by atoms with van der Waals surface area (Å²) in [4.78, 5) is 2.57. The molecule has 2 heteroatoms. The lowest BCUT2D eigenvalue weighted by atomic mass is 10.0. The first-order valence-electron chi connectivity index (χ1n) is 17.5. The molecule has 0 spiro atoms. The van der Waals surface area contributed by atoms with Crippen LogP contribution < -0.4 is 4.57 Å². The fourth-order valence-electron chi connectivity index (χ4n) is 6.46. The molecule has 3 rings (SSSR count). The number of hydrogen-bond acceptors (Lipinski definition) is 1. The number of rotatable bonds is 0. The Labute approximate surface area is 243 Å². The first kappa shape index (κ1) is 32.0. The molecule has 2 aliphatic heterocycles. The fraction of sp³-hybridized carbons (Fsp3) is 0.757. The molecule has 0 radical (unpaired) electrons. The van der Waals surface area contributed by atoms with Crippen molar-refractivity contribution in [1.82, 2.24) is 4.90 Å². The van der Waals surface area contributed by atoms with Gasteiger partial charge in [-0.1, -0.05) is 128 Å². The van der Waals surface area contributed by atoms with Crippen molar-refractivity contribution in [2.75, 3.05) is 13.1 Å². The van der Waals surface area contributed by atoms with E-state index in [1.165, 1.54) is 179 Å². The topological polar surface area (TPSA) is 7.12 Å². The number of fused-ring (bicyclic) bond motifs is 3. The van der Waals surface area contributed by atoms with Crippen molar-refractivity contribution in [3.63, 3.8) is 0 Å². The van der Waals surface area contributed by atoms with Gasteiger partial charge in [-0.15, -0.1) is 0 Å². The standard InChI is InChI=1S/C37H63N2/c1-2-6-10-14-18-22-30-38-32-25-29-37(35-38)27-21-17-13-9-5-3-7-11-15-19-23-31-39-33-24-28-36(34-39)26-20-16-12-8-4-1/h24-25,28-29,33-35H,1-23,26-27,30-32H2/q+1. The van der Waals surface area contributed by atoms with Gasteiger partial charge >= 0.3 is 0 Å². The van der Waals surface area contributed by atoms with Gasteiger partial charge in [-0.05, 0) is 50.2 Å². The zero-order valence-corrected chi connectivity index (χ0v) is 25.7. The Balaban J connectivity index is 1.32. The normalized spacial score (nSPS) is 22.1. The van der Waals surface area contributed by atoms with E-state index in [-0.39, 0.29) is 0 Å². The van der Waals surface area contributed by atoms with Gasteiger partial charge in [-0.2, -0.15) is 0 Å². The molecule has 0 saturated heterocycles. The second-order valence-corrected chi connectivity index (χ2v) is 12.7. The van der Waals surface area contributed by atoms with Gasteiger partial charge in [-0.25, -0.2) is 4.57 Å². The van der Waals surface area contributed by atoms with Crippen molar-refractivity contribution in [1.29, 1.82) is 0 Å². The molecule has 2 aliphatic rings. The molecule has 4 bridgehead atoms. The van der Waals surface area contributed by atoms with Crippen LogP contribution in [0.4, 0.5) is 0 Å². The van der Waals surface area contributed by atoms with Gasteiger partial charge in [0.2, 0.25) is 0 Å². The minimum atomic E-state index is 1.12. The lowest BCUT2D eigenvalue weighted by Gasteiger charge is -2.23. The van der Waals surface area contributed by atoms with E-state index in [1.807, 2.05) is 0 Å². The average molecular weight is 536 g/mol. The number of hydrogen-bond donors (Lipinski definition) is 0. The van der Waals surface area contributed by atoms with Crippen LogP contribution in [0.2, 0.25) is 0 Å². The molecule has 0 aliphatic carbocycles. The highest BCUT2D eigenvalue weighted by molar-refractivity contribution is 5.22. The lowest BCUT2D eigenvalue weighted by Crippen LogP contribution is -2.33. The van der Waals surface area contributed by atoms with Crippen LogP contribution in [0.1, 0.15) is 160 Å². The summed E-state index contributed by atoms with van der Waals surface area (Å²) in [5, 5.41) is 0. The van der Waals surface area contributed by atoms with Crippen LogP contribution >= 0.6 is 0 Å². The second kappa shape index (κ2) is 22.2. The largest absolute Gasteiger partial charge is 0.373 e. The lowest BCUT2D eigenvalue weighted by molar-refractivity contribution is -0.697. The van der Waals surface area contributed by atoms with Crippen LogP contribution in [0.25, 0.3) is 0 Å². The third-order valence-electron chi connectivity index (χ3n) is 8.98. The summed E-state index contributed by atoms with van der Waals surface area (Å²) in [6, 6.07) is 4.60. The van der Waals surface area contributed by atoms with Gasteiger partial charge in [0.05, 0.1) is 0 Å². The summed E-state index contributed by atoms with van der Waals surface area (Å²) >= 11 is 0. The molecule has 0 saturated carbocycles. The predicted octanol–water partition coefficient (Wildman–Crippen LogP) is 10.6. The molecule has 0 atom stereocenters. The molecule has 2 nitrogen and oxygen atoms in total. The highest BCUT2D eigenvalue weighted by Gasteiger charge is 2.06. The van der Waals surface area contributed by atoms with Crippen LogP contribution in [-0.4, -0.2) is 18.0 Å². The van der Waals surface area contributed by atoms with E-state index in [2.05, 4.69) is 52.3 Å². The quantitative estimate of drug-likeness (QED) is 0.300. The van der Waals surface area contributed by atoms with Crippen LogP contribution in [0, 0.1) is 0 Å². The van der Waals surface area contributed by atoms with Crippen molar-refractivity contribution in [3.8, 4) is 0 Å². The molecular weight excluding hydrogens is 472 g/mol. The number of aromatic nitrogens is 1. The van der Waals surface area contributed by atoms with E-state index in [4.69, 9.17) is 0 Å². The summed E-state index contributed by atoms with van der Waals surface area (Å²) in [6.45, 7) is 3.56. The Kier molecular flexibility index (Phi) is 18.2. The molecule has 39 heavy (non-hydrogen) atoms. The number of pyridine rings is 1.